The van der Waals surface area contributed by atoms with Gasteiger partial charge in [-0.3, -0.25) is 0 Å². The minimum atomic E-state index is 0.601. The van der Waals surface area contributed by atoms with Gasteiger partial charge in [-0.15, -0.1) is 0 Å². The summed E-state index contributed by atoms with van der Waals surface area (Å²) in [5.41, 5.74) is 2.89. The second-order valence-electron chi connectivity index (χ2n) is 5.35. The highest BCUT2D eigenvalue weighted by atomic mass is 32.1. The van der Waals surface area contributed by atoms with Crippen LogP contribution in [0.3, 0.4) is 0 Å². The van der Waals surface area contributed by atoms with Crippen molar-refractivity contribution in [3.63, 3.8) is 0 Å². The van der Waals surface area contributed by atoms with Crippen molar-refractivity contribution in [2.75, 3.05) is 13.1 Å². The molecule has 0 radical (unpaired) electrons. The van der Waals surface area contributed by atoms with Crippen LogP contribution in [-0.2, 0) is 6.42 Å². The first-order valence-corrected chi connectivity index (χ1v) is 7.98. The maximum Gasteiger partial charge on any atom is 0.00227 e. The van der Waals surface area contributed by atoms with Crippen molar-refractivity contribution in [2.45, 2.75) is 26.2 Å². The van der Waals surface area contributed by atoms with Gasteiger partial charge in [0.1, 0.15) is 0 Å². The Kier molecular flexibility index (Phi) is 5.62. The number of benzene rings is 1. The van der Waals surface area contributed by atoms with E-state index in [9.17, 15) is 0 Å². The standard InChI is InChI=1S/C17H23NS/c1-14(2)17(16-6-4-3-5-7-16)12-18-10-8-15-9-11-19-13-15/h3-7,9,11,13-14,17-18H,8,10,12H2,1-2H3. The average molecular weight is 273 g/mol. The normalized spacial score (nSPS) is 12.8. The molecule has 1 atom stereocenters. The third-order valence-corrected chi connectivity index (χ3v) is 4.30. The van der Waals surface area contributed by atoms with Crippen molar-refractivity contribution >= 4 is 11.3 Å². The monoisotopic (exact) mass is 273 g/mol. The Bertz CT molecular complexity index is 447. The Hall–Kier alpha value is -1.12. The summed E-state index contributed by atoms with van der Waals surface area (Å²) in [5.74, 6) is 1.26. The van der Waals surface area contributed by atoms with Crippen LogP contribution in [0.2, 0.25) is 0 Å². The summed E-state index contributed by atoms with van der Waals surface area (Å²) in [6, 6.07) is 13.1. The maximum atomic E-state index is 3.61. The lowest BCUT2D eigenvalue weighted by atomic mass is 9.88. The van der Waals surface area contributed by atoms with Gasteiger partial charge >= 0.3 is 0 Å². The van der Waals surface area contributed by atoms with Crippen molar-refractivity contribution in [1.29, 1.82) is 0 Å². The van der Waals surface area contributed by atoms with Gasteiger partial charge in [0.15, 0.2) is 0 Å². The third-order valence-electron chi connectivity index (χ3n) is 3.57. The van der Waals surface area contributed by atoms with Crippen molar-refractivity contribution in [3.05, 3.63) is 58.3 Å². The summed E-state index contributed by atoms with van der Waals surface area (Å²) in [5, 5.41) is 7.99. The summed E-state index contributed by atoms with van der Waals surface area (Å²) in [6.07, 6.45) is 1.13. The molecule has 0 aliphatic rings. The van der Waals surface area contributed by atoms with Crippen molar-refractivity contribution in [1.82, 2.24) is 5.32 Å². The van der Waals surface area contributed by atoms with Gasteiger partial charge in [0.05, 0.1) is 0 Å². The molecule has 0 saturated heterocycles. The molecule has 0 amide bonds. The zero-order valence-corrected chi connectivity index (χ0v) is 12.6. The predicted octanol–water partition coefficient (Wildman–Crippen LogP) is 4.32. The van der Waals surface area contributed by atoms with Gasteiger partial charge in [0, 0.05) is 6.54 Å². The lowest BCUT2D eigenvalue weighted by Gasteiger charge is -2.22. The maximum absolute atomic E-state index is 3.61. The highest BCUT2D eigenvalue weighted by Gasteiger charge is 2.14. The molecular weight excluding hydrogens is 250 g/mol. The minimum absolute atomic E-state index is 0.601. The van der Waals surface area contributed by atoms with E-state index in [0.29, 0.717) is 11.8 Å². The first kappa shape index (κ1) is 14.3. The Balaban J connectivity index is 1.81. The van der Waals surface area contributed by atoms with Crippen LogP contribution >= 0.6 is 11.3 Å². The van der Waals surface area contributed by atoms with E-state index in [1.807, 2.05) is 0 Å². The summed E-state index contributed by atoms with van der Waals surface area (Å²) < 4.78 is 0. The quantitative estimate of drug-likeness (QED) is 0.741. The van der Waals surface area contributed by atoms with Crippen LogP contribution in [0, 0.1) is 5.92 Å². The predicted molar refractivity (Wildman–Crippen MR) is 84.9 cm³/mol. The van der Waals surface area contributed by atoms with Crippen LogP contribution in [0.15, 0.2) is 47.2 Å². The van der Waals surface area contributed by atoms with E-state index in [1.54, 1.807) is 11.3 Å². The molecule has 0 saturated carbocycles. The number of thiophene rings is 1. The van der Waals surface area contributed by atoms with E-state index in [2.05, 4.69) is 66.3 Å². The SMILES string of the molecule is CC(C)C(CNCCc1ccsc1)c1ccccc1. The van der Waals surface area contributed by atoms with Crippen LogP contribution in [0.1, 0.15) is 30.9 Å². The molecule has 0 bridgehead atoms. The van der Waals surface area contributed by atoms with Gasteiger partial charge in [-0.2, -0.15) is 11.3 Å². The molecule has 1 N–H and O–H groups in total. The van der Waals surface area contributed by atoms with Crippen LogP contribution in [0.4, 0.5) is 0 Å². The zero-order chi connectivity index (χ0) is 13.5. The average Bonchev–Trinajstić information content (AvgIpc) is 2.92. The molecule has 19 heavy (non-hydrogen) atoms. The van der Waals surface area contributed by atoms with Gasteiger partial charge in [0.25, 0.3) is 0 Å². The zero-order valence-electron chi connectivity index (χ0n) is 11.8. The minimum Gasteiger partial charge on any atom is -0.316 e. The molecule has 2 heteroatoms. The molecule has 1 heterocycles. The fourth-order valence-corrected chi connectivity index (χ4v) is 3.07. The first-order valence-electron chi connectivity index (χ1n) is 7.04. The molecule has 0 spiro atoms. The Morgan fingerprint density at radius 3 is 2.53 bits per heavy atom. The van der Waals surface area contributed by atoms with Crippen molar-refractivity contribution < 1.29 is 0 Å². The molecule has 2 aromatic rings. The summed E-state index contributed by atoms with van der Waals surface area (Å²) in [4.78, 5) is 0. The highest BCUT2D eigenvalue weighted by Crippen LogP contribution is 2.23. The fourth-order valence-electron chi connectivity index (χ4n) is 2.36. The van der Waals surface area contributed by atoms with Crippen LogP contribution in [0.25, 0.3) is 0 Å². The van der Waals surface area contributed by atoms with Crippen LogP contribution < -0.4 is 5.32 Å². The second kappa shape index (κ2) is 7.46. The molecule has 1 aromatic heterocycles. The smallest absolute Gasteiger partial charge is 0.00227 e. The second-order valence-corrected chi connectivity index (χ2v) is 6.13. The lowest BCUT2D eigenvalue weighted by molar-refractivity contribution is 0.463. The molecule has 1 aromatic carbocycles. The number of rotatable bonds is 7. The molecule has 0 aliphatic carbocycles. The molecular formula is C17H23NS. The first-order chi connectivity index (χ1) is 9.27. The number of hydrogen-bond acceptors (Lipinski definition) is 2. The van der Waals surface area contributed by atoms with Gasteiger partial charge in [-0.05, 0) is 52.8 Å². The lowest BCUT2D eigenvalue weighted by Crippen LogP contribution is -2.26. The third kappa shape index (κ3) is 4.48. The molecule has 1 unspecified atom stereocenters. The van der Waals surface area contributed by atoms with E-state index in [0.717, 1.165) is 19.5 Å². The molecule has 0 fully saturated rings. The van der Waals surface area contributed by atoms with Crippen LogP contribution in [-0.4, -0.2) is 13.1 Å². The van der Waals surface area contributed by atoms with E-state index in [-0.39, 0.29) is 0 Å². The Morgan fingerprint density at radius 2 is 1.89 bits per heavy atom. The summed E-state index contributed by atoms with van der Waals surface area (Å²) in [7, 11) is 0. The number of nitrogens with one attached hydrogen (secondary N) is 1. The van der Waals surface area contributed by atoms with Crippen molar-refractivity contribution in [2.24, 2.45) is 5.92 Å². The summed E-state index contributed by atoms with van der Waals surface area (Å²) >= 11 is 1.78. The molecule has 102 valence electrons. The van der Waals surface area contributed by atoms with E-state index in [1.165, 1.54) is 11.1 Å². The topological polar surface area (TPSA) is 12.0 Å². The Labute approximate surface area is 120 Å². The molecule has 2 rings (SSSR count). The molecule has 0 aliphatic heterocycles. The molecule has 1 nitrogen and oxygen atoms in total. The Morgan fingerprint density at radius 1 is 1.11 bits per heavy atom. The summed E-state index contributed by atoms with van der Waals surface area (Å²) in [6.45, 7) is 6.73. The van der Waals surface area contributed by atoms with Crippen LogP contribution in [0.5, 0.6) is 0 Å². The highest BCUT2D eigenvalue weighted by molar-refractivity contribution is 7.07. The van der Waals surface area contributed by atoms with Gasteiger partial charge in [0.2, 0.25) is 0 Å². The van der Waals surface area contributed by atoms with Gasteiger partial charge in [-0.25, -0.2) is 0 Å². The van der Waals surface area contributed by atoms with E-state index in [4.69, 9.17) is 0 Å². The van der Waals surface area contributed by atoms with Gasteiger partial charge < -0.3 is 5.32 Å². The number of hydrogen-bond donors (Lipinski definition) is 1. The van der Waals surface area contributed by atoms with E-state index < -0.39 is 0 Å². The van der Waals surface area contributed by atoms with Crippen molar-refractivity contribution in [3.8, 4) is 0 Å². The largest absolute Gasteiger partial charge is 0.316 e. The fraction of sp³-hybridized carbons (Fsp3) is 0.412. The van der Waals surface area contributed by atoms with E-state index >= 15 is 0 Å². The van der Waals surface area contributed by atoms with Gasteiger partial charge in [-0.1, -0.05) is 44.2 Å².